The summed E-state index contributed by atoms with van der Waals surface area (Å²) in [5, 5.41) is 3.80. The average Bonchev–Trinajstić information content (AvgIpc) is 2.46. The molecule has 0 N–H and O–H groups in total. The highest BCUT2D eigenvalue weighted by Gasteiger charge is 2.38. The van der Waals surface area contributed by atoms with Gasteiger partial charge in [0.1, 0.15) is 6.67 Å². The fourth-order valence-corrected chi connectivity index (χ4v) is 1.70. The van der Waals surface area contributed by atoms with Crippen LogP contribution >= 0.6 is 0 Å². The molecule has 3 atom stereocenters. The first-order valence-corrected chi connectivity index (χ1v) is 4.21. The second-order valence-electron chi connectivity index (χ2n) is 3.34. The van der Waals surface area contributed by atoms with Crippen LogP contribution in [0, 0.1) is 5.92 Å². The van der Waals surface area contributed by atoms with Crippen molar-refractivity contribution in [2.24, 2.45) is 11.1 Å². The van der Waals surface area contributed by atoms with Crippen molar-refractivity contribution in [3.63, 3.8) is 0 Å². The third-order valence-electron chi connectivity index (χ3n) is 2.44. The van der Waals surface area contributed by atoms with E-state index in [0.717, 1.165) is 12.1 Å². The summed E-state index contributed by atoms with van der Waals surface area (Å²) in [6.45, 7) is 2.04. The van der Waals surface area contributed by atoms with Crippen LogP contribution in [0.25, 0.3) is 0 Å². The number of hydrogen-bond donors (Lipinski definition) is 0. The van der Waals surface area contributed by atoms with Crippen LogP contribution < -0.4 is 0 Å². The van der Waals surface area contributed by atoms with E-state index in [2.05, 4.69) is 5.16 Å². The van der Waals surface area contributed by atoms with E-state index in [0.29, 0.717) is 6.61 Å². The molecule has 0 radical (unpaired) electrons. The monoisotopic (exact) mass is 173 g/mol. The summed E-state index contributed by atoms with van der Waals surface area (Å²) < 4.78 is 17.7. The number of rotatable bonds is 1. The maximum absolute atomic E-state index is 12.4. The Kier molecular flexibility index (Phi) is 2.00. The first-order valence-electron chi connectivity index (χ1n) is 4.21. The molecule has 0 aromatic carbocycles. The van der Waals surface area contributed by atoms with E-state index < -0.39 is 6.67 Å². The van der Waals surface area contributed by atoms with Gasteiger partial charge in [-0.05, 0) is 13.3 Å². The van der Waals surface area contributed by atoms with Crippen molar-refractivity contribution < 1.29 is 14.0 Å². The standard InChI is InChI=1S/C8H12FNO2/c1-5-2-6-7(4-11-5)10-12-8(6)3-9/h5-6,8H,2-4H2,1H3/t5-,6+,8-/m0/s1. The Morgan fingerprint density at radius 3 is 3.25 bits per heavy atom. The zero-order valence-corrected chi connectivity index (χ0v) is 7.00. The lowest BCUT2D eigenvalue weighted by Crippen LogP contribution is -2.36. The van der Waals surface area contributed by atoms with E-state index in [1.54, 1.807) is 0 Å². The molecule has 0 spiro atoms. The van der Waals surface area contributed by atoms with Crippen LogP contribution in [-0.2, 0) is 9.57 Å². The van der Waals surface area contributed by atoms with E-state index in [1.807, 2.05) is 6.92 Å². The van der Waals surface area contributed by atoms with Crippen LogP contribution in [0.5, 0.6) is 0 Å². The van der Waals surface area contributed by atoms with E-state index in [4.69, 9.17) is 9.57 Å². The highest BCUT2D eigenvalue weighted by atomic mass is 19.1. The largest absolute Gasteiger partial charge is 0.389 e. The third-order valence-corrected chi connectivity index (χ3v) is 2.44. The van der Waals surface area contributed by atoms with Gasteiger partial charge >= 0.3 is 0 Å². The molecule has 4 heteroatoms. The maximum atomic E-state index is 12.4. The summed E-state index contributed by atoms with van der Waals surface area (Å²) in [4.78, 5) is 4.93. The predicted octanol–water partition coefficient (Wildman–Crippen LogP) is 1.14. The van der Waals surface area contributed by atoms with E-state index >= 15 is 0 Å². The molecule has 0 bridgehead atoms. The Hall–Kier alpha value is -0.640. The molecule has 0 unspecified atom stereocenters. The summed E-state index contributed by atoms with van der Waals surface area (Å²) in [5.41, 5.74) is 0.871. The molecule has 1 fully saturated rings. The minimum Gasteiger partial charge on any atom is -0.389 e. The summed E-state index contributed by atoms with van der Waals surface area (Å²) in [6, 6.07) is 0. The number of hydrogen-bond acceptors (Lipinski definition) is 3. The molecule has 0 aromatic heterocycles. The third kappa shape index (κ3) is 1.20. The summed E-state index contributed by atoms with van der Waals surface area (Å²) in [5.74, 6) is 0.152. The van der Waals surface area contributed by atoms with Gasteiger partial charge in [-0.25, -0.2) is 4.39 Å². The van der Waals surface area contributed by atoms with Crippen molar-refractivity contribution in [3.8, 4) is 0 Å². The number of nitrogens with zero attached hydrogens (tertiary/aromatic N) is 1. The topological polar surface area (TPSA) is 30.8 Å². The zero-order chi connectivity index (χ0) is 8.55. The molecule has 3 nitrogen and oxygen atoms in total. The quantitative estimate of drug-likeness (QED) is 0.595. The van der Waals surface area contributed by atoms with Crippen LogP contribution in [0.3, 0.4) is 0 Å². The molecule has 2 aliphatic rings. The molecule has 2 heterocycles. The van der Waals surface area contributed by atoms with Crippen LogP contribution in [0.15, 0.2) is 5.16 Å². The Bertz CT molecular complexity index is 207. The Morgan fingerprint density at radius 2 is 2.50 bits per heavy atom. The van der Waals surface area contributed by atoms with Crippen molar-refractivity contribution in [2.75, 3.05) is 13.3 Å². The first-order chi connectivity index (χ1) is 5.81. The maximum Gasteiger partial charge on any atom is 0.164 e. The van der Waals surface area contributed by atoms with E-state index in [-0.39, 0.29) is 18.1 Å². The molecule has 0 amide bonds. The number of fused-ring (bicyclic) bond motifs is 1. The normalized spacial score (nSPS) is 40.2. The average molecular weight is 173 g/mol. The van der Waals surface area contributed by atoms with Gasteiger partial charge in [-0.1, -0.05) is 5.16 Å². The lowest BCUT2D eigenvalue weighted by Gasteiger charge is -2.25. The Labute approximate surface area is 70.5 Å². The molecule has 1 saturated heterocycles. The number of halogens is 1. The zero-order valence-electron chi connectivity index (χ0n) is 7.00. The second kappa shape index (κ2) is 3.01. The Balaban J connectivity index is 2.06. The smallest absolute Gasteiger partial charge is 0.164 e. The minimum atomic E-state index is -0.454. The molecule has 0 aromatic rings. The molecule has 12 heavy (non-hydrogen) atoms. The van der Waals surface area contributed by atoms with Crippen molar-refractivity contribution in [1.29, 1.82) is 0 Å². The van der Waals surface area contributed by atoms with Crippen molar-refractivity contribution in [2.45, 2.75) is 25.6 Å². The van der Waals surface area contributed by atoms with Gasteiger partial charge in [-0.3, -0.25) is 0 Å². The van der Waals surface area contributed by atoms with Gasteiger partial charge in [0.15, 0.2) is 6.10 Å². The van der Waals surface area contributed by atoms with Crippen LogP contribution in [0.2, 0.25) is 0 Å². The van der Waals surface area contributed by atoms with Crippen molar-refractivity contribution >= 4 is 5.71 Å². The SMILES string of the molecule is C[C@H]1C[C@@H]2C(=NO[C@H]2CF)CO1. The van der Waals surface area contributed by atoms with Crippen molar-refractivity contribution in [1.82, 2.24) is 0 Å². The summed E-state index contributed by atoms with van der Waals surface area (Å²) in [6.07, 6.45) is 0.670. The first kappa shape index (κ1) is 7.98. The van der Waals surface area contributed by atoms with E-state index in [9.17, 15) is 4.39 Å². The molecule has 2 aliphatic heterocycles. The molecule has 68 valence electrons. The fourth-order valence-electron chi connectivity index (χ4n) is 1.70. The summed E-state index contributed by atoms with van der Waals surface area (Å²) in [7, 11) is 0. The predicted molar refractivity (Wildman–Crippen MR) is 41.8 cm³/mol. The molecular weight excluding hydrogens is 161 g/mol. The highest BCUT2D eigenvalue weighted by Crippen LogP contribution is 2.28. The van der Waals surface area contributed by atoms with Crippen LogP contribution in [0.4, 0.5) is 4.39 Å². The van der Waals surface area contributed by atoms with Gasteiger partial charge in [0.25, 0.3) is 0 Å². The number of ether oxygens (including phenoxy) is 1. The molecule has 0 aliphatic carbocycles. The second-order valence-corrected chi connectivity index (χ2v) is 3.34. The van der Waals surface area contributed by atoms with Gasteiger partial charge < -0.3 is 9.57 Å². The summed E-state index contributed by atoms with van der Waals surface area (Å²) >= 11 is 0. The van der Waals surface area contributed by atoms with Gasteiger partial charge in [0, 0.05) is 5.92 Å². The van der Waals surface area contributed by atoms with Gasteiger partial charge in [-0.15, -0.1) is 0 Å². The lowest BCUT2D eigenvalue weighted by molar-refractivity contribution is 0.0135. The minimum absolute atomic E-state index is 0.152. The van der Waals surface area contributed by atoms with Crippen molar-refractivity contribution in [3.05, 3.63) is 0 Å². The van der Waals surface area contributed by atoms with E-state index in [1.165, 1.54) is 0 Å². The fraction of sp³-hybridized carbons (Fsp3) is 0.875. The molecular formula is C8H12FNO2. The van der Waals surface area contributed by atoms with Gasteiger partial charge in [-0.2, -0.15) is 0 Å². The Morgan fingerprint density at radius 1 is 1.67 bits per heavy atom. The molecule has 0 saturated carbocycles. The number of alkyl halides is 1. The van der Waals surface area contributed by atoms with Crippen LogP contribution in [0.1, 0.15) is 13.3 Å². The van der Waals surface area contributed by atoms with Gasteiger partial charge in [0.05, 0.1) is 18.4 Å². The van der Waals surface area contributed by atoms with Gasteiger partial charge in [0.2, 0.25) is 0 Å². The lowest BCUT2D eigenvalue weighted by atomic mass is 9.90. The highest BCUT2D eigenvalue weighted by molar-refractivity contribution is 5.89. The van der Waals surface area contributed by atoms with Crippen LogP contribution in [-0.4, -0.2) is 31.2 Å². The molecule has 2 rings (SSSR count). The number of oxime groups is 1.